The van der Waals surface area contributed by atoms with E-state index in [-0.39, 0.29) is 34.8 Å². The number of hydrogen-bond acceptors (Lipinski definition) is 5. The smallest absolute Gasteiger partial charge is 0.446 e. The molecular weight excluding hydrogens is 383 g/mol. The number of aromatic nitrogens is 3. The van der Waals surface area contributed by atoms with Crippen LogP contribution in [-0.2, 0) is 6.61 Å². The van der Waals surface area contributed by atoms with Crippen LogP contribution >= 0.6 is 11.8 Å². The van der Waals surface area contributed by atoms with Gasteiger partial charge < -0.3 is 9.84 Å². The van der Waals surface area contributed by atoms with Crippen molar-refractivity contribution in [1.29, 1.82) is 0 Å². The molecule has 1 aromatic heterocycles. The first-order valence-electron chi connectivity index (χ1n) is 7.54. The highest BCUT2D eigenvalue weighted by Gasteiger charge is 2.29. The Morgan fingerprint density at radius 1 is 1.07 bits per heavy atom. The summed E-state index contributed by atoms with van der Waals surface area (Å²) >= 11 is -0.156. The van der Waals surface area contributed by atoms with Gasteiger partial charge in [-0.2, -0.15) is 13.2 Å². The predicted octanol–water partition coefficient (Wildman–Crippen LogP) is 4.36. The molecule has 0 spiro atoms. The highest BCUT2D eigenvalue weighted by molar-refractivity contribution is 8.00. The summed E-state index contributed by atoms with van der Waals surface area (Å²) in [6, 6.07) is 13.2. The van der Waals surface area contributed by atoms with E-state index >= 15 is 0 Å². The molecule has 0 aliphatic rings. The average Bonchev–Trinajstić information content (AvgIpc) is 3.09. The molecule has 0 bridgehead atoms. The number of alkyl halides is 3. The fourth-order valence-corrected chi connectivity index (χ4v) is 2.80. The van der Waals surface area contributed by atoms with Gasteiger partial charge in [-0.25, -0.2) is 9.89 Å². The topological polar surface area (TPSA) is 88.1 Å². The third-order valence-corrected chi connectivity index (χ3v) is 4.22. The van der Waals surface area contributed by atoms with Crippen molar-refractivity contribution in [2.24, 2.45) is 0 Å². The molecule has 0 amide bonds. The molecule has 1 heterocycles. The van der Waals surface area contributed by atoms with Crippen molar-refractivity contribution >= 4 is 17.7 Å². The number of aromatic amines is 1. The normalized spacial score (nSPS) is 11.4. The summed E-state index contributed by atoms with van der Waals surface area (Å²) < 4.78 is 42.4. The zero-order chi connectivity index (χ0) is 19.4. The largest absolute Gasteiger partial charge is 0.476 e. The predicted molar refractivity (Wildman–Crippen MR) is 91.5 cm³/mol. The summed E-state index contributed by atoms with van der Waals surface area (Å²) in [6.45, 7) is 0.103. The summed E-state index contributed by atoms with van der Waals surface area (Å²) in [5, 5.41) is 18.1. The lowest BCUT2D eigenvalue weighted by Crippen LogP contribution is -2.03. The van der Waals surface area contributed by atoms with Gasteiger partial charge in [0.05, 0.1) is 0 Å². The zero-order valence-corrected chi connectivity index (χ0v) is 14.3. The number of carboxylic acids is 1. The number of thioether (sulfide) groups is 1. The van der Waals surface area contributed by atoms with Crippen LogP contribution in [0.25, 0.3) is 11.1 Å². The van der Waals surface area contributed by atoms with Gasteiger partial charge in [-0.15, -0.1) is 5.10 Å². The number of rotatable bonds is 6. The second-order valence-corrected chi connectivity index (χ2v) is 6.49. The number of hydrogen-bond donors (Lipinski definition) is 2. The third-order valence-electron chi connectivity index (χ3n) is 3.48. The second-order valence-electron chi connectivity index (χ2n) is 5.35. The summed E-state index contributed by atoms with van der Waals surface area (Å²) in [7, 11) is 0. The minimum Gasteiger partial charge on any atom is -0.476 e. The fraction of sp³-hybridized carbons (Fsp3) is 0.118. The van der Waals surface area contributed by atoms with Crippen molar-refractivity contribution in [2.75, 3.05) is 0 Å². The van der Waals surface area contributed by atoms with Crippen LogP contribution in [0.1, 0.15) is 16.1 Å². The van der Waals surface area contributed by atoms with Crippen molar-refractivity contribution in [1.82, 2.24) is 15.4 Å². The Labute approximate surface area is 155 Å². The van der Waals surface area contributed by atoms with E-state index in [1.807, 2.05) is 0 Å². The average molecular weight is 395 g/mol. The molecule has 0 radical (unpaired) electrons. The summed E-state index contributed by atoms with van der Waals surface area (Å²) in [4.78, 5) is 11.1. The van der Waals surface area contributed by atoms with E-state index in [0.29, 0.717) is 0 Å². The molecule has 10 heteroatoms. The Kier molecular flexibility index (Phi) is 5.36. The molecule has 140 valence electrons. The molecule has 0 aliphatic heterocycles. The second kappa shape index (κ2) is 7.70. The number of halogens is 3. The Morgan fingerprint density at radius 3 is 2.22 bits per heavy atom. The highest BCUT2D eigenvalue weighted by atomic mass is 32.2. The number of carboxylic acid groups (broad SMARTS) is 1. The van der Waals surface area contributed by atoms with E-state index in [1.165, 1.54) is 12.1 Å². The van der Waals surface area contributed by atoms with E-state index in [0.717, 1.165) is 16.7 Å². The van der Waals surface area contributed by atoms with Gasteiger partial charge >= 0.3 is 11.5 Å². The molecule has 6 nitrogen and oxygen atoms in total. The fourth-order valence-electron chi connectivity index (χ4n) is 2.26. The molecule has 0 saturated heterocycles. The molecule has 0 unspecified atom stereocenters. The van der Waals surface area contributed by atoms with Gasteiger partial charge in [-0.05, 0) is 40.6 Å². The van der Waals surface area contributed by atoms with E-state index in [9.17, 15) is 18.0 Å². The third kappa shape index (κ3) is 5.00. The number of H-pyrrole nitrogens is 1. The van der Waals surface area contributed by atoms with Crippen LogP contribution in [0, 0.1) is 0 Å². The quantitative estimate of drug-likeness (QED) is 0.603. The lowest BCUT2D eigenvalue weighted by molar-refractivity contribution is -0.0328. The van der Waals surface area contributed by atoms with E-state index in [4.69, 9.17) is 9.84 Å². The van der Waals surface area contributed by atoms with Crippen LogP contribution in [0.15, 0.2) is 53.4 Å². The standard InChI is InChI=1S/C17H12F3N3O3S/c18-17(19,20)27-13-7-5-12(6-8-13)11-3-1-10(2-4-11)9-26-15-14(16(24)25)21-23-22-15/h1-8H,9H2,(H,24,25)(H,21,22,23). The summed E-state index contributed by atoms with van der Waals surface area (Å²) in [5.74, 6) is -1.29. The first-order chi connectivity index (χ1) is 12.8. The maximum absolute atomic E-state index is 12.4. The zero-order valence-electron chi connectivity index (χ0n) is 13.5. The minimum atomic E-state index is -4.31. The molecule has 0 atom stereocenters. The SMILES string of the molecule is O=C(O)c1nn[nH]c1OCc1ccc(-c2ccc(SC(F)(F)F)cc2)cc1. The lowest BCUT2D eigenvalue weighted by atomic mass is 10.0. The first-order valence-corrected chi connectivity index (χ1v) is 8.36. The summed E-state index contributed by atoms with van der Waals surface area (Å²) in [5.41, 5.74) is -2.23. The monoisotopic (exact) mass is 395 g/mol. The van der Waals surface area contributed by atoms with Gasteiger partial charge in [0.25, 0.3) is 0 Å². The Balaban J connectivity index is 1.65. The molecule has 0 fully saturated rings. The molecular formula is C17H12F3N3O3S. The van der Waals surface area contributed by atoms with Crippen LogP contribution in [-0.4, -0.2) is 32.0 Å². The highest BCUT2D eigenvalue weighted by Crippen LogP contribution is 2.37. The molecule has 2 aromatic carbocycles. The summed E-state index contributed by atoms with van der Waals surface area (Å²) in [6.07, 6.45) is 0. The Morgan fingerprint density at radius 2 is 1.67 bits per heavy atom. The lowest BCUT2D eigenvalue weighted by Gasteiger charge is -2.08. The number of nitrogens with one attached hydrogen (secondary N) is 1. The van der Waals surface area contributed by atoms with Crippen LogP contribution in [0.2, 0.25) is 0 Å². The van der Waals surface area contributed by atoms with Crippen molar-refractivity contribution in [3.05, 3.63) is 59.8 Å². The molecule has 2 N–H and O–H groups in total. The maximum Gasteiger partial charge on any atom is 0.446 e. The van der Waals surface area contributed by atoms with Gasteiger partial charge in [-0.3, -0.25) is 0 Å². The number of aromatic carboxylic acids is 1. The molecule has 0 saturated carbocycles. The van der Waals surface area contributed by atoms with E-state index in [2.05, 4.69) is 15.4 Å². The van der Waals surface area contributed by atoms with Crippen molar-refractivity contribution in [3.8, 4) is 17.0 Å². The van der Waals surface area contributed by atoms with Crippen LogP contribution in [0.3, 0.4) is 0 Å². The first kappa shape index (κ1) is 18.8. The Hall–Kier alpha value is -3.01. The number of carbonyl (C=O) groups is 1. The molecule has 3 rings (SSSR count). The van der Waals surface area contributed by atoms with Crippen LogP contribution < -0.4 is 4.74 Å². The van der Waals surface area contributed by atoms with Gasteiger partial charge in [0.15, 0.2) is 0 Å². The molecule has 3 aromatic rings. The maximum atomic E-state index is 12.4. The minimum absolute atomic E-state index is 0.0377. The van der Waals surface area contributed by atoms with Crippen LogP contribution in [0.5, 0.6) is 5.88 Å². The van der Waals surface area contributed by atoms with Crippen molar-refractivity contribution in [2.45, 2.75) is 17.0 Å². The number of ether oxygens (including phenoxy) is 1. The van der Waals surface area contributed by atoms with E-state index < -0.39 is 11.5 Å². The molecule has 27 heavy (non-hydrogen) atoms. The van der Waals surface area contributed by atoms with Crippen molar-refractivity contribution in [3.63, 3.8) is 0 Å². The van der Waals surface area contributed by atoms with Crippen LogP contribution in [0.4, 0.5) is 13.2 Å². The number of nitrogens with zero attached hydrogens (tertiary/aromatic N) is 2. The van der Waals surface area contributed by atoms with Crippen molar-refractivity contribution < 1.29 is 27.8 Å². The van der Waals surface area contributed by atoms with Gasteiger partial charge in [0, 0.05) is 4.90 Å². The molecule has 0 aliphatic carbocycles. The van der Waals surface area contributed by atoms with Gasteiger partial charge in [-0.1, -0.05) is 41.6 Å². The van der Waals surface area contributed by atoms with Gasteiger partial charge in [0.1, 0.15) is 6.61 Å². The Bertz CT molecular complexity index is 925. The van der Waals surface area contributed by atoms with Gasteiger partial charge in [0.2, 0.25) is 11.6 Å². The number of benzene rings is 2. The van der Waals surface area contributed by atoms with E-state index in [1.54, 1.807) is 36.4 Å².